The Morgan fingerprint density at radius 2 is 1.56 bits per heavy atom. The average molecular weight is 863 g/mol. The summed E-state index contributed by atoms with van der Waals surface area (Å²) in [5, 5.41) is 15.9. The Kier molecular flexibility index (Phi) is 13.4. The van der Waals surface area contributed by atoms with Gasteiger partial charge in [-0.2, -0.15) is 0 Å². The molecule has 3 heterocycles. The van der Waals surface area contributed by atoms with E-state index < -0.39 is 20.8 Å². The van der Waals surface area contributed by atoms with Gasteiger partial charge in [-0.15, -0.1) is 11.8 Å². The minimum Gasteiger partial charge on any atom is -0.379 e. The molecule has 61 heavy (non-hydrogen) atoms. The van der Waals surface area contributed by atoms with E-state index in [4.69, 9.17) is 4.74 Å². The SMILES string of the molecule is O=[N+]([O-])c1cc(S(=O)(=O)Nc2ncnc3c(F)c(N4CCN(Cc5ccccc5-c5ccccc5)CC4)ccc23)ccc1NC(CCN1CCOCC1)CSc1ccccc1. The van der Waals surface area contributed by atoms with Crippen molar-refractivity contribution in [3.63, 3.8) is 0 Å². The van der Waals surface area contributed by atoms with Crippen molar-refractivity contribution in [1.29, 1.82) is 0 Å². The standard InChI is InChI=1S/C45H47FN8O5S2/c46-43-41(53-23-21-52(22-24-53)30-34-11-7-8-14-38(34)33-9-3-1-4-10-33)18-16-39-44(43)47-32-48-45(39)50-61(57,58)37-15-17-40(42(29-37)54(55)56)49-35(19-20-51-25-27-59-28-26-51)31-60-36-12-5-2-6-13-36/h1-18,29,32,35,49H,19-28,30-31H2,(H,47,48,50). The average Bonchev–Trinajstić information content (AvgIpc) is 3.29. The molecule has 2 N–H and O–H groups in total. The van der Waals surface area contributed by atoms with Crippen LogP contribution in [0.2, 0.25) is 0 Å². The van der Waals surface area contributed by atoms with Gasteiger partial charge < -0.3 is 15.0 Å². The lowest BCUT2D eigenvalue weighted by Crippen LogP contribution is -2.46. The van der Waals surface area contributed by atoms with Gasteiger partial charge >= 0.3 is 0 Å². The number of morpholine rings is 1. The quantitative estimate of drug-likeness (QED) is 0.0557. The van der Waals surface area contributed by atoms with Crippen molar-refractivity contribution in [2.24, 2.45) is 0 Å². The summed E-state index contributed by atoms with van der Waals surface area (Å²) < 4.78 is 51.8. The summed E-state index contributed by atoms with van der Waals surface area (Å²) in [5.74, 6) is -0.0849. The molecule has 0 radical (unpaired) electrons. The van der Waals surface area contributed by atoms with Crippen LogP contribution in [0.1, 0.15) is 12.0 Å². The lowest BCUT2D eigenvalue weighted by atomic mass is 9.99. The number of fused-ring (bicyclic) bond motifs is 1. The second kappa shape index (κ2) is 19.4. The van der Waals surface area contributed by atoms with E-state index in [9.17, 15) is 18.5 Å². The minimum atomic E-state index is -4.41. The third kappa shape index (κ3) is 10.3. The molecule has 0 aliphatic carbocycles. The van der Waals surface area contributed by atoms with Gasteiger partial charge in [-0.25, -0.2) is 22.8 Å². The first kappa shape index (κ1) is 42.1. The number of benzene rings is 5. The molecule has 8 rings (SSSR count). The number of hydrogen-bond donors (Lipinski definition) is 2. The van der Waals surface area contributed by atoms with E-state index in [1.165, 1.54) is 28.8 Å². The zero-order chi connectivity index (χ0) is 42.2. The number of rotatable bonds is 16. The lowest BCUT2D eigenvalue weighted by molar-refractivity contribution is -0.384. The molecule has 2 aliphatic heterocycles. The summed E-state index contributed by atoms with van der Waals surface area (Å²) in [6.07, 6.45) is 1.81. The lowest BCUT2D eigenvalue weighted by Gasteiger charge is -2.36. The Morgan fingerprint density at radius 1 is 0.836 bits per heavy atom. The predicted molar refractivity (Wildman–Crippen MR) is 239 cm³/mol. The number of piperazine rings is 1. The highest BCUT2D eigenvalue weighted by atomic mass is 32.2. The van der Waals surface area contributed by atoms with Crippen LogP contribution in [0, 0.1) is 15.9 Å². The number of nitro groups is 1. The Bertz CT molecular complexity index is 2560. The van der Waals surface area contributed by atoms with Gasteiger partial charge in [0.1, 0.15) is 17.5 Å². The van der Waals surface area contributed by atoms with Gasteiger partial charge in [0.25, 0.3) is 15.7 Å². The highest BCUT2D eigenvalue weighted by molar-refractivity contribution is 7.99. The van der Waals surface area contributed by atoms with Crippen LogP contribution in [0.25, 0.3) is 22.0 Å². The fourth-order valence-corrected chi connectivity index (χ4v) is 9.83. The van der Waals surface area contributed by atoms with E-state index in [1.54, 1.807) is 23.9 Å². The maximum atomic E-state index is 16.3. The van der Waals surface area contributed by atoms with Gasteiger partial charge in [0, 0.05) is 80.5 Å². The molecule has 0 saturated carbocycles. The van der Waals surface area contributed by atoms with E-state index >= 15 is 4.39 Å². The first-order valence-electron chi connectivity index (χ1n) is 20.3. The molecule has 16 heteroatoms. The molecule has 2 fully saturated rings. The topological polar surface area (TPSA) is 146 Å². The van der Waals surface area contributed by atoms with Gasteiger partial charge in [-0.05, 0) is 59.5 Å². The van der Waals surface area contributed by atoms with Crippen molar-refractivity contribution in [2.45, 2.75) is 28.8 Å². The number of sulfonamides is 1. The van der Waals surface area contributed by atoms with E-state index in [-0.39, 0.29) is 39.0 Å². The molecule has 6 aromatic rings. The molecule has 0 bridgehead atoms. The Morgan fingerprint density at radius 3 is 2.31 bits per heavy atom. The molecule has 1 unspecified atom stereocenters. The maximum Gasteiger partial charge on any atom is 0.293 e. The van der Waals surface area contributed by atoms with Crippen molar-refractivity contribution in [1.82, 2.24) is 19.8 Å². The third-order valence-corrected chi connectivity index (χ3v) is 13.6. The summed E-state index contributed by atoms with van der Waals surface area (Å²) in [5.41, 5.74) is 3.75. The van der Waals surface area contributed by atoms with Crippen LogP contribution in [0.15, 0.2) is 131 Å². The molecule has 2 saturated heterocycles. The Balaban J connectivity index is 0.955. The van der Waals surface area contributed by atoms with Gasteiger partial charge in [0.2, 0.25) is 0 Å². The number of hydrogen-bond acceptors (Lipinski definition) is 12. The normalized spacial score (nSPS) is 15.7. The van der Waals surface area contributed by atoms with Crippen LogP contribution in [-0.4, -0.2) is 104 Å². The molecule has 5 aromatic carbocycles. The molecular formula is C45H47FN8O5S2. The van der Waals surface area contributed by atoms with Crippen LogP contribution >= 0.6 is 11.8 Å². The molecular weight excluding hydrogens is 816 g/mol. The number of nitrogens with zero attached hydrogens (tertiary/aromatic N) is 6. The molecule has 0 amide bonds. The summed E-state index contributed by atoms with van der Waals surface area (Å²) in [6, 6.07) is 35.4. The zero-order valence-electron chi connectivity index (χ0n) is 33.5. The Hall–Kier alpha value is -5.65. The zero-order valence-corrected chi connectivity index (χ0v) is 35.2. The second-order valence-electron chi connectivity index (χ2n) is 15.1. The largest absolute Gasteiger partial charge is 0.379 e. The molecule has 1 aromatic heterocycles. The number of nitro benzene ring substituents is 1. The number of ether oxygens (including phenoxy) is 1. The smallest absolute Gasteiger partial charge is 0.293 e. The van der Waals surface area contributed by atoms with Crippen LogP contribution in [0.3, 0.4) is 0 Å². The fourth-order valence-electron chi connectivity index (χ4n) is 7.79. The summed E-state index contributed by atoms with van der Waals surface area (Å²) >= 11 is 1.64. The van der Waals surface area contributed by atoms with E-state index in [0.29, 0.717) is 44.2 Å². The number of aromatic nitrogens is 2. The summed E-state index contributed by atoms with van der Waals surface area (Å²) in [6.45, 7) is 7.12. The molecule has 2 aliphatic rings. The number of anilines is 3. The van der Waals surface area contributed by atoms with Gasteiger partial charge in [-0.3, -0.25) is 24.6 Å². The van der Waals surface area contributed by atoms with Crippen LogP contribution in [0.5, 0.6) is 0 Å². The first-order valence-corrected chi connectivity index (χ1v) is 22.8. The number of halogens is 1. The minimum absolute atomic E-state index is 0.0357. The number of nitrogens with one attached hydrogen (secondary N) is 2. The van der Waals surface area contributed by atoms with Gasteiger partial charge in [-0.1, -0.05) is 72.8 Å². The van der Waals surface area contributed by atoms with Crippen LogP contribution in [-0.2, 0) is 21.3 Å². The van der Waals surface area contributed by atoms with E-state index in [1.807, 2.05) is 59.5 Å². The fraction of sp³-hybridized carbons (Fsp3) is 0.289. The van der Waals surface area contributed by atoms with Crippen molar-refractivity contribution in [3.05, 3.63) is 143 Å². The van der Waals surface area contributed by atoms with E-state index in [0.717, 1.165) is 56.6 Å². The van der Waals surface area contributed by atoms with Crippen molar-refractivity contribution < 1.29 is 22.5 Å². The first-order chi connectivity index (χ1) is 29.7. The summed E-state index contributed by atoms with van der Waals surface area (Å²) in [4.78, 5) is 27.6. The van der Waals surface area contributed by atoms with Gasteiger partial charge in [0.05, 0.1) is 28.7 Å². The third-order valence-electron chi connectivity index (χ3n) is 11.1. The number of thioether (sulfide) groups is 1. The molecule has 316 valence electrons. The van der Waals surface area contributed by atoms with Crippen molar-refractivity contribution >= 4 is 55.6 Å². The molecule has 1 atom stereocenters. The van der Waals surface area contributed by atoms with Gasteiger partial charge in [0.15, 0.2) is 11.6 Å². The molecule has 0 spiro atoms. The monoisotopic (exact) mass is 862 g/mol. The summed E-state index contributed by atoms with van der Waals surface area (Å²) in [7, 11) is -4.41. The van der Waals surface area contributed by atoms with Crippen LogP contribution < -0.4 is 14.9 Å². The highest BCUT2D eigenvalue weighted by Gasteiger charge is 2.27. The predicted octanol–water partition coefficient (Wildman–Crippen LogP) is 7.76. The molecule has 13 nitrogen and oxygen atoms in total. The van der Waals surface area contributed by atoms with E-state index in [2.05, 4.69) is 60.1 Å². The Labute approximate surface area is 359 Å². The highest BCUT2D eigenvalue weighted by Crippen LogP contribution is 2.34. The van der Waals surface area contributed by atoms with Crippen molar-refractivity contribution in [3.8, 4) is 11.1 Å². The maximum absolute atomic E-state index is 16.3. The second-order valence-corrected chi connectivity index (χ2v) is 17.8. The van der Waals surface area contributed by atoms with Crippen LogP contribution in [0.4, 0.5) is 27.3 Å². The van der Waals surface area contributed by atoms with Crippen molar-refractivity contribution in [2.75, 3.05) is 79.7 Å².